The molecule has 0 amide bonds. The van der Waals surface area contributed by atoms with Gasteiger partial charge in [-0.05, 0) is 30.6 Å². The van der Waals surface area contributed by atoms with Crippen molar-refractivity contribution in [2.45, 2.75) is 40.0 Å². The van der Waals surface area contributed by atoms with Crippen LogP contribution in [0.3, 0.4) is 0 Å². The molecule has 1 heteroatoms. The molecule has 66 valence electrons. The van der Waals surface area contributed by atoms with Gasteiger partial charge in [0.25, 0.3) is 0 Å². The Morgan fingerprint density at radius 2 is 2.00 bits per heavy atom. The highest BCUT2D eigenvalue weighted by Gasteiger charge is 2.46. The first-order chi connectivity index (χ1) is 5.33. The summed E-state index contributed by atoms with van der Waals surface area (Å²) in [4.78, 5) is 0. The van der Waals surface area contributed by atoms with Crippen LogP contribution in [0.15, 0.2) is 0 Å². The van der Waals surface area contributed by atoms with Gasteiger partial charge < -0.3 is 4.74 Å². The van der Waals surface area contributed by atoms with Gasteiger partial charge in [-0.25, -0.2) is 0 Å². The highest BCUT2D eigenvalue weighted by Crippen LogP contribution is 2.51. The zero-order valence-electron chi connectivity index (χ0n) is 8.02. The Kier molecular flexibility index (Phi) is 2.94. The minimum Gasteiger partial charge on any atom is -0.381 e. The van der Waals surface area contributed by atoms with Crippen molar-refractivity contribution in [2.24, 2.45) is 11.3 Å². The molecule has 1 spiro atoms. The maximum Gasteiger partial charge on any atom is 0.0525 e. The lowest BCUT2D eigenvalue weighted by Crippen LogP contribution is -2.38. The monoisotopic (exact) mass is 156 g/mol. The Bertz CT molecular complexity index is 114. The van der Waals surface area contributed by atoms with Crippen LogP contribution in [0.2, 0.25) is 0 Å². The molecule has 0 radical (unpaired) electrons. The molecule has 1 heterocycles. The lowest BCUT2D eigenvalue weighted by atomic mass is 9.61. The average molecular weight is 156 g/mol. The predicted octanol–water partition coefficient (Wildman–Crippen LogP) is 2.85. The largest absolute Gasteiger partial charge is 0.381 e. The van der Waals surface area contributed by atoms with E-state index < -0.39 is 0 Å². The summed E-state index contributed by atoms with van der Waals surface area (Å²) in [6.45, 7) is 8.43. The van der Waals surface area contributed by atoms with Gasteiger partial charge in [0.1, 0.15) is 0 Å². The topological polar surface area (TPSA) is 9.23 Å². The number of hydrogen-bond acceptors (Lipinski definition) is 1. The summed E-state index contributed by atoms with van der Waals surface area (Å²) in [5, 5.41) is 0. The van der Waals surface area contributed by atoms with Crippen molar-refractivity contribution in [1.82, 2.24) is 0 Å². The number of ether oxygens (including phenoxy) is 1. The highest BCUT2D eigenvalue weighted by molar-refractivity contribution is 4.95. The van der Waals surface area contributed by atoms with Crippen molar-refractivity contribution < 1.29 is 4.74 Å². The van der Waals surface area contributed by atoms with Crippen molar-refractivity contribution in [3.63, 3.8) is 0 Å². The molecule has 1 nitrogen and oxygen atoms in total. The second-order valence-electron chi connectivity index (χ2n) is 3.60. The first-order valence-corrected chi connectivity index (χ1v) is 4.91. The molecule has 2 aliphatic rings. The van der Waals surface area contributed by atoms with Crippen LogP contribution in [-0.2, 0) is 4.74 Å². The fourth-order valence-corrected chi connectivity index (χ4v) is 2.05. The van der Waals surface area contributed by atoms with Crippen LogP contribution < -0.4 is 0 Å². The fraction of sp³-hybridized carbons (Fsp3) is 1.00. The second kappa shape index (κ2) is 3.57. The van der Waals surface area contributed by atoms with Crippen LogP contribution in [0, 0.1) is 11.3 Å². The third-order valence-corrected chi connectivity index (χ3v) is 3.25. The zero-order valence-corrected chi connectivity index (χ0v) is 8.02. The van der Waals surface area contributed by atoms with Crippen LogP contribution in [0.25, 0.3) is 0 Å². The molecule has 2 rings (SSSR count). The smallest absolute Gasteiger partial charge is 0.0525 e. The minimum absolute atomic E-state index is 0.653. The summed E-state index contributed by atoms with van der Waals surface area (Å²) >= 11 is 0. The van der Waals surface area contributed by atoms with E-state index in [2.05, 4.69) is 6.92 Å². The molecule has 11 heavy (non-hydrogen) atoms. The molecule has 2 fully saturated rings. The van der Waals surface area contributed by atoms with Gasteiger partial charge >= 0.3 is 0 Å². The Hall–Kier alpha value is -0.0400. The van der Waals surface area contributed by atoms with Crippen molar-refractivity contribution in [2.75, 3.05) is 13.2 Å². The molecular formula is C10H20O. The molecule has 0 aromatic carbocycles. The van der Waals surface area contributed by atoms with Crippen molar-refractivity contribution in [3.8, 4) is 0 Å². The molecule has 1 aliphatic heterocycles. The van der Waals surface area contributed by atoms with Crippen LogP contribution in [0.5, 0.6) is 0 Å². The first-order valence-electron chi connectivity index (χ1n) is 4.91. The Morgan fingerprint density at radius 3 is 2.18 bits per heavy atom. The first kappa shape index (κ1) is 9.05. The molecule has 1 unspecified atom stereocenters. The van der Waals surface area contributed by atoms with Gasteiger partial charge in [0.15, 0.2) is 0 Å². The van der Waals surface area contributed by atoms with E-state index in [9.17, 15) is 0 Å². The van der Waals surface area contributed by atoms with Crippen LogP contribution in [0.1, 0.15) is 40.0 Å². The standard InChI is InChI=1S/C8H14O.C2H6/c1-7-2-3-8(7)4-5-9-6-8;1-2/h7H,2-6H2,1H3;1-2H3/t7?,8-;/m1./s1. The summed E-state index contributed by atoms with van der Waals surface area (Å²) in [7, 11) is 0. The maximum absolute atomic E-state index is 5.37. The van der Waals surface area contributed by atoms with Gasteiger partial charge in [0.2, 0.25) is 0 Å². The second-order valence-corrected chi connectivity index (χ2v) is 3.60. The van der Waals surface area contributed by atoms with Gasteiger partial charge in [-0.2, -0.15) is 0 Å². The van der Waals surface area contributed by atoms with Crippen molar-refractivity contribution in [3.05, 3.63) is 0 Å². The van der Waals surface area contributed by atoms with Gasteiger partial charge in [-0.15, -0.1) is 0 Å². The molecule has 0 bridgehead atoms. The highest BCUT2D eigenvalue weighted by atomic mass is 16.5. The fourth-order valence-electron chi connectivity index (χ4n) is 2.05. The molecule has 2 atom stereocenters. The van der Waals surface area contributed by atoms with E-state index in [0.29, 0.717) is 5.41 Å². The molecule has 1 saturated heterocycles. The van der Waals surface area contributed by atoms with E-state index in [-0.39, 0.29) is 0 Å². The maximum atomic E-state index is 5.37. The van der Waals surface area contributed by atoms with Crippen molar-refractivity contribution >= 4 is 0 Å². The summed E-state index contributed by atoms with van der Waals surface area (Å²) in [5.74, 6) is 0.944. The normalized spacial score (nSPS) is 41.2. The predicted molar refractivity (Wildman–Crippen MR) is 47.6 cm³/mol. The van der Waals surface area contributed by atoms with Gasteiger partial charge in [0.05, 0.1) is 6.61 Å². The quantitative estimate of drug-likeness (QED) is 0.524. The van der Waals surface area contributed by atoms with Crippen molar-refractivity contribution in [1.29, 1.82) is 0 Å². The SMILES string of the molecule is CC.CC1CC[C@]12CCOC2. The summed E-state index contributed by atoms with van der Waals surface area (Å²) in [6.07, 6.45) is 4.19. The van der Waals surface area contributed by atoms with Crippen LogP contribution in [-0.4, -0.2) is 13.2 Å². The van der Waals surface area contributed by atoms with E-state index in [1.807, 2.05) is 13.8 Å². The molecule has 0 aromatic rings. The van der Waals surface area contributed by atoms with E-state index in [4.69, 9.17) is 4.74 Å². The van der Waals surface area contributed by atoms with E-state index in [1.54, 1.807) is 0 Å². The number of hydrogen-bond donors (Lipinski definition) is 0. The van der Waals surface area contributed by atoms with E-state index in [0.717, 1.165) is 19.1 Å². The summed E-state index contributed by atoms with van der Waals surface area (Å²) in [5.41, 5.74) is 0.653. The molecular weight excluding hydrogens is 136 g/mol. The Balaban J connectivity index is 0.000000281. The van der Waals surface area contributed by atoms with E-state index >= 15 is 0 Å². The van der Waals surface area contributed by atoms with Crippen LogP contribution >= 0.6 is 0 Å². The molecule has 0 N–H and O–H groups in total. The van der Waals surface area contributed by atoms with Gasteiger partial charge in [0, 0.05) is 6.61 Å². The summed E-state index contributed by atoms with van der Waals surface area (Å²) in [6, 6.07) is 0. The molecule has 0 aromatic heterocycles. The van der Waals surface area contributed by atoms with Crippen LogP contribution in [0.4, 0.5) is 0 Å². The lowest BCUT2D eigenvalue weighted by molar-refractivity contribution is 0.0282. The summed E-state index contributed by atoms with van der Waals surface area (Å²) < 4.78 is 5.37. The Morgan fingerprint density at radius 1 is 1.27 bits per heavy atom. The average Bonchev–Trinajstić information content (AvgIpc) is 2.56. The molecule has 1 saturated carbocycles. The van der Waals surface area contributed by atoms with E-state index in [1.165, 1.54) is 19.3 Å². The lowest BCUT2D eigenvalue weighted by Gasteiger charge is -2.44. The Labute approximate surface area is 70.1 Å². The minimum atomic E-state index is 0.653. The zero-order chi connectivity index (χ0) is 8.32. The number of rotatable bonds is 0. The van der Waals surface area contributed by atoms with Gasteiger partial charge in [-0.3, -0.25) is 0 Å². The van der Waals surface area contributed by atoms with Gasteiger partial charge in [-0.1, -0.05) is 20.8 Å². The molecule has 1 aliphatic carbocycles. The third kappa shape index (κ3) is 1.44. The third-order valence-electron chi connectivity index (χ3n) is 3.25.